The maximum Gasteiger partial charge on any atom is 0.190 e. The number of nitrogens with two attached hydrogens (primary N) is 1. The van der Waals surface area contributed by atoms with E-state index in [2.05, 4.69) is 65.6 Å². The molecule has 2 N–H and O–H groups in total. The second-order valence-electron chi connectivity index (χ2n) is 6.75. The van der Waals surface area contributed by atoms with Gasteiger partial charge in [0.25, 0.3) is 0 Å². The van der Waals surface area contributed by atoms with Crippen molar-refractivity contribution in [2.45, 2.75) is 22.1 Å². The van der Waals surface area contributed by atoms with Gasteiger partial charge in [-0.05, 0) is 29.4 Å². The summed E-state index contributed by atoms with van der Waals surface area (Å²) in [7, 11) is 0. The van der Waals surface area contributed by atoms with Gasteiger partial charge in [-0.3, -0.25) is 0 Å². The minimum absolute atomic E-state index is 0.284. The summed E-state index contributed by atoms with van der Waals surface area (Å²) >= 11 is 5.34. The van der Waals surface area contributed by atoms with E-state index in [1.54, 1.807) is 11.3 Å². The van der Waals surface area contributed by atoms with Crippen molar-refractivity contribution in [3.63, 3.8) is 0 Å². The molecule has 0 aliphatic carbocycles. The third-order valence-corrected chi connectivity index (χ3v) is 8.51. The van der Waals surface area contributed by atoms with Crippen molar-refractivity contribution in [3.05, 3.63) is 82.2 Å². The summed E-state index contributed by atoms with van der Waals surface area (Å²) in [5, 5.41) is 2.47. The van der Waals surface area contributed by atoms with Crippen molar-refractivity contribution in [3.8, 4) is 0 Å². The zero-order valence-electron chi connectivity index (χ0n) is 15.3. The van der Waals surface area contributed by atoms with E-state index in [1.807, 2.05) is 18.0 Å². The molecular weight excluding hydrogens is 402 g/mol. The molecule has 5 rings (SSSR count). The molecule has 0 spiro atoms. The second kappa shape index (κ2) is 7.43. The standard InChI is InChI=1S/C22H19N3S3/c1-26-22-24-20(23)17-15-12-16(13-8-4-2-5-9-13)27-18(14-10-6-3-7-11-14)19(15)28-21(17)25-22/h2-11,16,18H,12H2,1H3,(H2,23,24,25)/t16-,18-/m1/s1. The van der Waals surface area contributed by atoms with Crippen LogP contribution in [0.4, 0.5) is 5.82 Å². The number of benzene rings is 2. The van der Waals surface area contributed by atoms with Gasteiger partial charge in [0.15, 0.2) is 5.16 Å². The molecule has 0 bridgehead atoms. The first kappa shape index (κ1) is 18.0. The van der Waals surface area contributed by atoms with Crippen LogP contribution in [-0.4, -0.2) is 16.2 Å². The Hall–Kier alpha value is -2.02. The van der Waals surface area contributed by atoms with Gasteiger partial charge in [-0.2, -0.15) is 0 Å². The molecule has 3 heterocycles. The van der Waals surface area contributed by atoms with Crippen LogP contribution in [0.1, 0.15) is 32.1 Å². The molecule has 0 radical (unpaired) electrons. The first-order valence-corrected chi connectivity index (χ1v) is 12.1. The molecule has 140 valence electrons. The van der Waals surface area contributed by atoms with E-state index in [0.717, 1.165) is 21.8 Å². The minimum Gasteiger partial charge on any atom is -0.383 e. The Morgan fingerprint density at radius 2 is 1.64 bits per heavy atom. The lowest BCUT2D eigenvalue weighted by molar-refractivity contribution is 0.893. The Morgan fingerprint density at radius 1 is 0.964 bits per heavy atom. The van der Waals surface area contributed by atoms with Gasteiger partial charge < -0.3 is 5.73 Å². The number of fused-ring (bicyclic) bond motifs is 3. The summed E-state index contributed by atoms with van der Waals surface area (Å²) in [5.41, 5.74) is 10.4. The lowest BCUT2D eigenvalue weighted by Crippen LogP contribution is -2.12. The van der Waals surface area contributed by atoms with Gasteiger partial charge in [-0.15, -0.1) is 23.1 Å². The summed E-state index contributed by atoms with van der Waals surface area (Å²) in [4.78, 5) is 11.7. The van der Waals surface area contributed by atoms with E-state index in [4.69, 9.17) is 10.7 Å². The summed E-state index contributed by atoms with van der Waals surface area (Å²) in [6.07, 6.45) is 2.95. The second-order valence-corrected chi connectivity index (χ2v) is 9.87. The SMILES string of the molecule is CSc1nc(N)c2c3c(sc2n1)[C@@H](c1ccccc1)S[C@@H](c1ccccc1)C3. The molecule has 2 aromatic carbocycles. The molecule has 3 nitrogen and oxygen atoms in total. The molecule has 0 amide bonds. The molecule has 0 saturated heterocycles. The number of hydrogen-bond donors (Lipinski definition) is 1. The van der Waals surface area contributed by atoms with Crippen molar-refractivity contribution in [1.82, 2.24) is 9.97 Å². The zero-order chi connectivity index (χ0) is 19.1. The number of nitrogen functional groups attached to an aromatic ring is 1. The third-order valence-electron chi connectivity index (χ3n) is 5.07. The van der Waals surface area contributed by atoms with Crippen molar-refractivity contribution >= 4 is 50.9 Å². The van der Waals surface area contributed by atoms with Crippen LogP contribution in [0.3, 0.4) is 0 Å². The van der Waals surface area contributed by atoms with Gasteiger partial charge in [-0.25, -0.2) is 9.97 Å². The summed E-state index contributed by atoms with van der Waals surface area (Å²) in [5.74, 6) is 0.609. The fraction of sp³-hybridized carbons (Fsp3) is 0.182. The van der Waals surface area contributed by atoms with Crippen LogP contribution < -0.4 is 5.73 Å². The Morgan fingerprint density at radius 3 is 2.32 bits per heavy atom. The highest BCUT2D eigenvalue weighted by atomic mass is 32.2. The maximum absolute atomic E-state index is 6.40. The number of anilines is 1. The molecular formula is C22H19N3S3. The first-order chi connectivity index (χ1) is 13.7. The molecule has 2 atom stereocenters. The molecule has 1 aliphatic rings. The highest BCUT2D eigenvalue weighted by molar-refractivity contribution is 8.00. The predicted octanol–water partition coefficient (Wildman–Crippen LogP) is 6.12. The number of thioether (sulfide) groups is 2. The fourth-order valence-electron chi connectivity index (χ4n) is 3.77. The number of aromatic nitrogens is 2. The van der Waals surface area contributed by atoms with Gasteiger partial charge in [-0.1, -0.05) is 72.4 Å². The molecule has 1 aliphatic heterocycles. The number of hydrogen-bond acceptors (Lipinski definition) is 6. The molecule has 0 saturated carbocycles. The van der Waals surface area contributed by atoms with Crippen LogP contribution in [0.2, 0.25) is 0 Å². The molecule has 28 heavy (non-hydrogen) atoms. The quantitative estimate of drug-likeness (QED) is 0.319. The molecule has 4 aromatic rings. The number of nitrogens with zero attached hydrogens (tertiary/aromatic N) is 2. The maximum atomic E-state index is 6.40. The van der Waals surface area contributed by atoms with Crippen LogP contribution >= 0.6 is 34.9 Å². The van der Waals surface area contributed by atoms with Gasteiger partial charge in [0.05, 0.1) is 10.6 Å². The molecule has 0 fully saturated rings. The Balaban J connectivity index is 1.71. The highest BCUT2D eigenvalue weighted by Crippen LogP contribution is 2.55. The third kappa shape index (κ3) is 3.09. The summed E-state index contributed by atoms with van der Waals surface area (Å²) in [6.45, 7) is 0. The molecule has 2 aromatic heterocycles. The van der Waals surface area contributed by atoms with E-state index in [1.165, 1.54) is 33.3 Å². The van der Waals surface area contributed by atoms with Crippen molar-refractivity contribution in [2.24, 2.45) is 0 Å². The monoisotopic (exact) mass is 421 g/mol. The zero-order valence-corrected chi connectivity index (χ0v) is 17.8. The Bertz CT molecular complexity index is 1130. The van der Waals surface area contributed by atoms with Crippen LogP contribution in [0, 0.1) is 0 Å². The van der Waals surface area contributed by atoms with E-state index in [9.17, 15) is 0 Å². The molecule has 0 unspecified atom stereocenters. The number of thiophene rings is 1. The first-order valence-electron chi connectivity index (χ1n) is 9.12. The van der Waals surface area contributed by atoms with Crippen molar-refractivity contribution in [1.29, 1.82) is 0 Å². The average molecular weight is 422 g/mol. The van der Waals surface area contributed by atoms with Gasteiger partial charge in [0.1, 0.15) is 10.6 Å². The largest absolute Gasteiger partial charge is 0.383 e. The van der Waals surface area contributed by atoms with E-state index >= 15 is 0 Å². The summed E-state index contributed by atoms with van der Waals surface area (Å²) in [6, 6.07) is 21.5. The Labute approximate surface area is 176 Å². The van der Waals surface area contributed by atoms with E-state index in [0.29, 0.717) is 11.1 Å². The van der Waals surface area contributed by atoms with Crippen molar-refractivity contribution < 1.29 is 0 Å². The Kier molecular flexibility index (Phi) is 4.78. The number of rotatable bonds is 3. The lowest BCUT2D eigenvalue weighted by Gasteiger charge is -2.30. The van der Waals surface area contributed by atoms with E-state index in [-0.39, 0.29) is 5.25 Å². The topological polar surface area (TPSA) is 51.8 Å². The van der Waals surface area contributed by atoms with Crippen LogP contribution in [-0.2, 0) is 6.42 Å². The highest BCUT2D eigenvalue weighted by Gasteiger charge is 2.34. The van der Waals surface area contributed by atoms with Gasteiger partial charge in [0.2, 0.25) is 0 Å². The fourth-order valence-corrected chi connectivity index (χ4v) is 7.22. The predicted molar refractivity (Wildman–Crippen MR) is 122 cm³/mol. The van der Waals surface area contributed by atoms with Gasteiger partial charge >= 0.3 is 0 Å². The van der Waals surface area contributed by atoms with E-state index < -0.39 is 0 Å². The lowest BCUT2D eigenvalue weighted by atomic mass is 9.98. The molecule has 6 heteroatoms. The van der Waals surface area contributed by atoms with Crippen molar-refractivity contribution in [2.75, 3.05) is 12.0 Å². The van der Waals surface area contributed by atoms with Crippen LogP contribution in [0.5, 0.6) is 0 Å². The van der Waals surface area contributed by atoms with Crippen LogP contribution in [0.25, 0.3) is 10.2 Å². The summed E-state index contributed by atoms with van der Waals surface area (Å²) < 4.78 is 0. The normalized spacial score (nSPS) is 18.9. The van der Waals surface area contributed by atoms with Crippen LogP contribution in [0.15, 0.2) is 65.8 Å². The average Bonchev–Trinajstić information content (AvgIpc) is 3.13. The minimum atomic E-state index is 0.284. The smallest absolute Gasteiger partial charge is 0.190 e. The van der Waals surface area contributed by atoms with Gasteiger partial charge in [0, 0.05) is 10.1 Å².